The molecule has 1 saturated heterocycles. The van der Waals surface area contributed by atoms with Crippen molar-refractivity contribution in [3.63, 3.8) is 0 Å². The van der Waals surface area contributed by atoms with Crippen molar-refractivity contribution in [2.45, 2.75) is 31.8 Å². The first-order valence-electron chi connectivity index (χ1n) is 9.55. The molecule has 1 saturated carbocycles. The highest BCUT2D eigenvalue weighted by atomic mass is 19.1. The van der Waals surface area contributed by atoms with E-state index in [9.17, 15) is 9.18 Å². The summed E-state index contributed by atoms with van der Waals surface area (Å²) in [4.78, 5) is 31.9. The molecule has 2 aliphatic rings. The van der Waals surface area contributed by atoms with Gasteiger partial charge in [-0.3, -0.25) is 4.79 Å². The second kappa shape index (κ2) is 6.88. The van der Waals surface area contributed by atoms with Crippen LogP contribution in [0.15, 0.2) is 49.1 Å². The maximum atomic E-state index is 13.1. The van der Waals surface area contributed by atoms with Gasteiger partial charge in [-0.1, -0.05) is 6.07 Å². The van der Waals surface area contributed by atoms with Crippen molar-refractivity contribution in [1.29, 1.82) is 0 Å². The predicted octanol–water partition coefficient (Wildman–Crippen LogP) is 2.99. The molecule has 1 aliphatic heterocycles. The molecule has 3 atom stereocenters. The number of aromatic nitrogens is 4. The minimum absolute atomic E-state index is 0.0838. The van der Waals surface area contributed by atoms with Gasteiger partial charge >= 0.3 is 0 Å². The van der Waals surface area contributed by atoms with Crippen LogP contribution in [-0.4, -0.2) is 37.9 Å². The van der Waals surface area contributed by atoms with E-state index in [1.54, 1.807) is 18.5 Å². The Kier molecular flexibility index (Phi) is 4.19. The summed E-state index contributed by atoms with van der Waals surface area (Å²) < 4.78 is 13.1. The smallest absolute Gasteiger partial charge is 0.247 e. The Bertz CT molecular complexity index is 1060. The molecule has 3 aromatic rings. The summed E-state index contributed by atoms with van der Waals surface area (Å²) >= 11 is 0. The molecule has 7 nitrogen and oxygen atoms in total. The number of nitrogens with one attached hydrogen (secondary N) is 1. The Morgan fingerprint density at radius 1 is 1.14 bits per heavy atom. The molecule has 0 unspecified atom stereocenters. The van der Waals surface area contributed by atoms with Crippen LogP contribution in [0.25, 0.3) is 11.4 Å². The average molecular weight is 390 g/mol. The third-order valence-corrected chi connectivity index (χ3v) is 5.56. The number of benzene rings is 1. The summed E-state index contributed by atoms with van der Waals surface area (Å²) in [6, 6.07) is 7.37. The Morgan fingerprint density at radius 3 is 2.66 bits per heavy atom. The van der Waals surface area contributed by atoms with E-state index in [0.29, 0.717) is 29.4 Å². The van der Waals surface area contributed by atoms with E-state index in [1.807, 2.05) is 30.0 Å². The van der Waals surface area contributed by atoms with Gasteiger partial charge in [0.25, 0.3) is 0 Å². The maximum Gasteiger partial charge on any atom is 0.247 e. The van der Waals surface area contributed by atoms with Crippen LogP contribution in [0.4, 0.5) is 16.0 Å². The number of hydrogen-bond acceptors (Lipinski definition) is 6. The molecular weight excluding hydrogens is 371 g/mol. The molecule has 146 valence electrons. The molecule has 1 aromatic carbocycles. The number of hydrogen-bond donors (Lipinski definition) is 1. The Hall–Kier alpha value is -3.42. The fraction of sp³-hybridized carbons (Fsp3) is 0.286. The number of piperidine rings is 1. The number of carbonyl (C=O) groups excluding carboxylic acids is 1. The van der Waals surface area contributed by atoms with Crippen LogP contribution in [0.5, 0.6) is 0 Å². The van der Waals surface area contributed by atoms with E-state index >= 15 is 0 Å². The van der Waals surface area contributed by atoms with E-state index in [0.717, 1.165) is 36.4 Å². The van der Waals surface area contributed by atoms with Crippen molar-refractivity contribution in [3.05, 3.63) is 60.4 Å². The average Bonchev–Trinajstić information content (AvgIpc) is 3.40. The highest BCUT2D eigenvalue weighted by Gasteiger charge is 2.55. The molecule has 1 amide bonds. The standard InChI is InChI=1S/C21H19FN6O/c1-12-3-4-15(9-16(12)19-25-10-14(22)11-26-19)27-20(29)18-8-13-7-17(13)28(18)21-23-5-2-6-24-21/h2-6,9-11,13,17-18H,7-8H2,1H3,(H,27,29)/t13-,17-,18-/m1/s1. The largest absolute Gasteiger partial charge is 0.325 e. The normalized spacial score (nSPS) is 22.3. The van der Waals surface area contributed by atoms with Crippen molar-refractivity contribution in [2.24, 2.45) is 5.92 Å². The lowest BCUT2D eigenvalue weighted by atomic mass is 10.1. The van der Waals surface area contributed by atoms with Gasteiger partial charge in [0.2, 0.25) is 11.9 Å². The van der Waals surface area contributed by atoms with Crippen molar-refractivity contribution >= 4 is 17.5 Å². The van der Waals surface area contributed by atoms with Crippen LogP contribution in [0.3, 0.4) is 0 Å². The summed E-state index contributed by atoms with van der Waals surface area (Å²) in [5.41, 5.74) is 2.34. The molecule has 3 heterocycles. The molecule has 0 spiro atoms. The fourth-order valence-corrected chi connectivity index (χ4v) is 4.02. The number of nitrogens with zero attached hydrogens (tertiary/aromatic N) is 5. The first kappa shape index (κ1) is 17.7. The molecule has 2 aromatic heterocycles. The summed E-state index contributed by atoms with van der Waals surface area (Å²) in [5, 5.41) is 3.01. The molecule has 29 heavy (non-hydrogen) atoms. The van der Waals surface area contributed by atoms with Gasteiger partial charge in [0.15, 0.2) is 11.6 Å². The van der Waals surface area contributed by atoms with E-state index in [2.05, 4.69) is 25.3 Å². The van der Waals surface area contributed by atoms with Crippen molar-refractivity contribution in [1.82, 2.24) is 19.9 Å². The molecule has 2 fully saturated rings. The number of amides is 1. The van der Waals surface area contributed by atoms with Gasteiger partial charge in [-0.25, -0.2) is 24.3 Å². The van der Waals surface area contributed by atoms with Gasteiger partial charge in [-0.15, -0.1) is 0 Å². The topological polar surface area (TPSA) is 83.9 Å². The maximum absolute atomic E-state index is 13.1. The summed E-state index contributed by atoms with van der Waals surface area (Å²) in [7, 11) is 0. The third kappa shape index (κ3) is 3.30. The molecular formula is C21H19FN6O. The predicted molar refractivity (Wildman–Crippen MR) is 106 cm³/mol. The minimum Gasteiger partial charge on any atom is -0.325 e. The summed E-state index contributed by atoms with van der Waals surface area (Å²) in [6.07, 6.45) is 7.54. The number of halogens is 1. The molecule has 1 aliphatic carbocycles. The third-order valence-electron chi connectivity index (χ3n) is 5.56. The van der Waals surface area contributed by atoms with Gasteiger partial charge in [0.1, 0.15) is 6.04 Å². The van der Waals surface area contributed by atoms with E-state index in [1.165, 1.54) is 0 Å². The van der Waals surface area contributed by atoms with Crippen molar-refractivity contribution in [2.75, 3.05) is 10.2 Å². The van der Waals surface area contributed by atoms with Gasteiger partial charge < -0.3 is 10.2 Å². The lowest BCUT2D eigenvalue weighted by Crippen LogP contribution is -2.43. The first-order valence-corrected chi connectivity index (χ1v) is 9.55. The Labute approximate surface area is 167 Å². The molecule has 0 bridgehead atoms. The Balaban J connectivity index is 1.38. The van der Waals surface area contributed by atoms with Crippen LogP contribution in [0.2, 0.25) is 0 Å². The summed E-state index contributed by atoms with van der Waals surface area (Å²) in [6.45, 7) is 1.92. The quantitative estimate of drug-likeness (QED) is 0.737. The molecule has 5 rings (SSSR count). The van der Waals surface area contributed by atoms with E-state index in [4.69, 9.17) is 0 Å². The lowest BCUT2D eigenvalue weighted by Gasteiger charge is -2.26. The zero-order valence-electron chi connectivity index (χ0n) is 15.8. The molecule has 8 heteroatoms. The van der Waals surface area contributed by atoms with Gasteiger partial charge in [0, 0.05) is 29.7 Å². The number of aryl methyl sites for hydroxylation is 1. The zero-order valence-corrected chi connectivity index (χ0v) is 15.8. The van der Waals surface area contributed by atoms with Crippen LogP contribution < -0.4 is 10.2 Å². The van der Waals surface area contributed by atoms with Gasteiger partial charge in [-0.2, -0.15) is 0 Å². The highest BCUT2D eigenvalue weighted by Crippen LogP contribution is 2.49. The van der Waals surface area contributed by atoms with Crippen LogP contribution >= 0.6 is 0 Å². The minimum atomic E-state index is -0.487. The molecule has 1 N–H and O–H groups in total. The van der Waals surface area contributed by atoms with Crippen molar-refractivity contribution in [3.8, 4) is 11.4 Å². The number of fused-ring (bicyclic) bond motifs is 1. The number of carbonyl (C=O) groups is 1. The highest BCUT2D eigenvalue weighted by molar-refractivity contribution is 5.98. The second-order valence-electron chi connectivity index (χ2n) is 7.51. The number of rotatable bonds is 4. The van der Waals surface area contributed by atoms with Gasteiger partial charge in [-0.05, 0) is 49.4 Å². The van der Waals surface area contributed by atoms with Crippen LogP contribution in [-0.2, 0) is 4.79 Å². The lowest BCUT2D eigenvalue weighted by molar-refractivity contribution is -0.117. The van der Waals surface area contributed by atoms with E-state index < -0.39 is 5.82 Å². The monoisotopic (exact) mass is 390 g/mol. The summed E-state index contributed by atoms with van der Waals surface area (Å²) in [5.74, 6) is 0.970. The van der Waals surface area contributed by atoms with Crippen LogP contribution in [0, 0.1) is 18.7 Å². The van der Waals surface area contributed by atoms with Gasteiger partial charge in [0.05, 0.1) is 12.4 Å². The number of anilines is 2. The Morgan fingerprint density at radius 2 is 1.90 bits per heavy atom. The zero-order chi connectivity index (χ0) is 20.0. The second-order valence-corrected chi connectivity index (χ2v) is 7.51. The first-order chi connectivity index (χ1) is 14.1. The van der Waals surface area contributed by atoms with E-state index in [-0.39, 0.29) is 11.9 Å². The fourth-order valence-electron chi connectivity index (χ4n) is 4.02. The van der Waals surface area contributed by atoms with Crippen molar-refractivity contribution < 1.29 is 9.18 Å². The molecule has 0 radical (unpaired) electrons. The van der Waals surface area contributed by atoms with Crippen LogP contribution in [0.1, 0.15) is 18.4 Å². The SMILES string of the molecule is Cc1ccc(NC(=O)[C@H]2C[C@H]3C[C@H]3N2c2ncccn2)cc1-c1ncc(F)cn1.